The lowest BCUT2D eigenvalue weighted by Crippen LogP contribution is -2.55. The maximum absolute atomic E-state index is 9.62. The fraction of sp³-hybridized carbons (Fsp3) is 1.00. The van der Waals surface area contributed by atoms with E-state index in [1.807, 2.05) is 0 Å². The van der Waals surface area contributed by atoms with Crippen molar-refractivity contribution >= 4 is 0 Å². The van der Waals surface area contributed by atoms with Crippen molar-refractivity contribution in [2.24, 2.45) is 0 Å². The van der Waals surface area contributed by atoms with E-state index in [1.54, 1.807) is 20.8 Å². The van der Waals surface area contributed by atoms with Crippen molar-refractivity contribution in [1.82, 2.24) is 0 Å². The Kier molecular flexibility index (Phi) is 2.32. The first-order valence-corrected chi connectivity index (χ1v) is 4.78. The zero-order valence-corrected chi connectivity index (χ0v) is 8.51. The number of hydrogen-bond donors (Lipinski definition) is 2. The fourth-order valence-electron chi connectivity index (χ4n) is 1.98. The van der Waals surface area contributed by atoms with Gasteiger partial charge < -0.3 is 24.4 Å². The zero-order valence-electron chi connectivity index (χ0n) is 8.51. The molecule has 2 heterocycles. The molecule has 0 aromatic heterocycles. The van der Waals surface area contributed by atoms with E-state index in [0.717, 1.165) is 0 Å². The topological polar surface area (TPSA) is 68.2 Å². The van der Waals surface area contributed by atoms with Crippen LogP contribution in [0.15, 0.2) is 0 Å². The minimum Gasteiger partial charge on any atom is -0.385 e. The summed E-state index contributed by atoms with van der Waals surface area (Å²) in [5, 5.41) is 19.0. The molecule has 5 heteroatoms. The molecule has 82 valence electrons. The predicted octanol–water partition coefficient (Wildman–Crippen LogP) is -0.396. The van der Waals surface area contributed by atoms with Gasteiger partial charge in [0.2, 0.25) is 0 Å². The van der Waals surface area contributed by atoms with Gasteiger partial charge in [-0.05, 0) is 20.8 Å². The van der Waals surface area contributed by atoms with Gasteiger partial charge >= 0.3 is 0 Å². The molecular weight excluding hydrogens is 188 g/mol. The smallest absolute Gasteiger partial charge is 0.183 e. The minimum atomic E-state index is -1.19. The summed E-state index contributed by atoms with van der Waals surface area (Å²) in [6, 6.07) is 0. The summed E-state index contributed by atoms with van der Waals surface area (Å²) in [6.45, 7) is 5.34. The average Bonchev–Trinajstić information content (AvgIpc) is 2.38. The Morgan fingerprint density at radius 1 is 1.07 bits per heavy atom. The summed E-state index contributed by atoms with van der Waals surface area (Å²) in [5.74, 6) is -0.724. The molecule has 2 fully saturated rings. The lowest BCUT2D eigenvalue weighted by Gasteiger charge is -2.36. The molecule has 0 aromatic rings. The first-order valence-electron chi connectivity index (χ1n) is 4.78. The van der Waals surface area contributed by atoms with Crippen LogP contribution in [-0.2, 0) is 14.2 Å². The molecule has 0 radical (unpaired) electrons. The maximum atomic E-state index is 9.62. The molecule has 2 rings (SSSR count). The van der Waals surface area contributed by atoms with Crippen LogP contribution >= 0.6 is 0 Å². The molecule has 5 nitrogen and oxygen atoms in total. The van der Waals surface area contributed by atoms with E-state index in [-0.39, 0.29) is 12.2 Å². The first-order chi connectivity index (χ1) is 6.41. The average molecular weight is 204 g/mol. The SMILES string of the molecule is CC1O[C@H](O)[C@H](O)C2OC(C)(C)O[C@@H]12. The van der Waals surface area contributed by atoms with Crippen molar-refractivity contribution in [1.29, 1.82) is 0 Å². The maximum Gasteiger partial charge on any atom is 0.183 e. The second kappa shape index (κ2) is 3.15. The Hall–Kier alpha value is -0.200. The van der Waals surface area contributed by atoms with Gasteiger partial charge in [-0.2, -0.15) is 0 Å². The Morgan fingerprint density at radius 3 is 2.29 bits per heavy atom. The monoisotopic (exact) mass is 204 g/mol. The number of aliphatic hydroxyl groups is 2. The van der Waals surface area contributed by atoms with Crippen molar-refractivity contribution in [3.63, 3.8) is 0 Å². The van der Waals surface area contributed by atoms with E-state index in [2.05, 4.69) is 0 Å². The highest BCUT2D eigenvalue weighted by molar-refractivity contribution is 4.94. The lowest BCUT2D eigenvalue weighted by molar-refractivity contribution is -0.255. The normalized spacial score (nSPS) is 51.6. The Balaban J connectivity index is 2.18. The van der Waals surface area contributed by atoms with Crippen LogP contribution in [0.3, 0.4) is 0 Å². The largest absolute Gasteiger partial charge is 0.385 e. The van der Waals surface area contributed by atoms with Gasteiger partial charge in [0.25, 0.3) is 0 Å². The number of hydrogen-bond acceptors (Lipinski definition) is 5. The summed E-state index contributed by atoms with van der Waals surface area (Å²) < 4.78 is 16.2. The van der Waals surface area contributed by atoms with Crippen LogP contribution in [0.1, 0.15) is 20.8 Å². The van der Waals surface area contributed by atoms with Crippen LogP contribution < -0.4 is 0 Å². The van der Waals surface area contributed by atoms with E-state index in [9.17, 15) is 10.2 Å². The van der Waals surface area contributed by atoms with Gasteiger partial charge in [0.05, 0.1) is 6.10 Å². The molecular formula is C9H16O5. The third-order valence-corrected chi connectivity index (χ3v) is 2.61. The number of ether oxygens (including phenoxy) is 3. The van der Waals surface area contributed by atoms with Gasteiger partial charge in [-0.3, -0.25) is 0 Å². The third-order valence-electron chi connectivity index (χ3n) is 2.61. The van der Waals surface area contributed by atoms with Crippen LogP contribution in [0.5, 0.6) is 0 Å². The van der Waals surface area contributed by atoms with E-state index in [0.29, 0.717) is 0 Å². The second-order valence-corrected chi connectivity index (χ2v) is 4.29. The molecule has 2 saturated heterocycles. The van der Waals surface area contributed by atoms with Gasteiger partial charge in [-0.15, -0.1) is 0 Å². The van der Waals surface area contributed by atoms with Gasteiger partial charge in [0.15, 0.2) is 12.1 Å². The summed E-state index contributed by atoms with van der Waals surface area (Å²) in [7, 11) is 0. The summed E-state index contributed by atoms with van der Waals surface area (Å²) in [6.07, 6.45) is -3.34. The van der Waals surface area contributed by atoms with Crippen molar-refractivity contribution in [3.05, 3.63) is 0 Å². The van der Waals surface area contributed by atoms with E-state index in [1.165, 1.54) is 0 Å². The van der Waals surface area contributed by atoms with Crippen LogP contribution in [0.25, 0.3) is 0 Å². The highest BCUT2D eigenvalue weighted by Crippen LogP contribution is 2.36. The summed E-state index contributed by atoms with van der Waals surface area (Å²) in [5.41, 5.74) is 0. The molecule has 5 atom stereocenters. The fourth-order valence-corrected chi connectivity index (χ4v) is 1.98. The standard InChI is InChI=1S/C9H16O5/c1-4-6-7(5(10)8(11)12-4)14-9(2,3)13-6/h4-8,10-11H,1-3H3/t4?,5-,6+,7?,8+/m1/s1. The molecule has 0 amide bonds. The van der Waals surface area contributed by atoms with E-state index < -0.39 is 24.3 Å². The van der Waals surface area contributed by atoms with Crippen molar-refractivity contribution in [2.45, 2.75) is 57.3 Å². The number of fused-ring (bicyclic) bond motifs is 1. The van der Waals surface area contributed by atoms with E-state index >= 15 is 0 Å². The van der Waals surface area contributed by atoms with Crippen LogP contribution in [-0.4, -0.2) is 46.7 Å². The Bertz CT molecular complexity index is 229. The Labute approximate surface area is 82.6 Å². The van der Waals surface area contributed by atoms with Crippen LogP contribution in [0, 0.1) is 0 Å². The van der Waals surface area contributed by atoms with Gasteiger partial charge in [0, 0.05) is 0 Å². The molecule has 0 bridgehead atoms. The molecule has 0 saturated carbocycles. The van der Waals surface area contributed by atoms with Gasteiger partial charge in [-0.1, -0.05) is 0 Å². The third kappa shape index (κ3) is 1.55. The second-order valence-electron chi connectivity index (χ2n) is 4.29. The molecule has 2 N–H and O–H groups in total. The minimum absolute atomic E-state index is 0.278. The molecule has 2 aliphatic heterocycles. The molecule has 0 aromatic carbocycles. The highest BCUT2D eigenvalue weighted by atomic mass is 16.8. The zero-order chi connectivity index (χ0) is 10.5. The quantitative estimate of drug-likeness (QED) is 0.562. The van der Waals surface area contributed by atoms with Gasteiger partial charge in [0.1, 0.15) is 18.3 Å². The predicted molar refractivity (Wildman–Crippen MR) is 46.4 cm³/mol. The van der Waals surface area contributed by atoms with Gasteiger partial charge in [-0.25, -0.2) is 0 Å². The first kappa shape index (κ1) is 10.3. The molecule has 0 aliphatic carbocycles. The van der Waals surface area contributed by atoms with E-state index in [4.69, 9.17) is 14.2 Å². The van der Waals surface area contributed by atoms with Crippen LogP contribution in [0.2, 0.25) is 0 Å². The summed E-state index contributed by atoms with van der Waals surface area (Å²) >= 11 is 0. The Morgan fingerprint density at radius 2 is 1.64 bits per heavy atom. The van der Waals surface area contributed by atoms with Crippen molar-refractivity contribution in [2.75, 3.05) is 0 Å². The van der Waals surface area contributed by atoms with Crippen molar-refractivity contribution in [3.8, 4) is 0 Å². The number of rotatable bonds is 0. The van der Waals surface area contributed by atoms with Crippen LogP contribution in [0.4, 0.5) is 0 Å². The lowest BCUT2D eigenvalue weighted by atomic mass is 10.0. The molecule has 0 spiro atoms. The highest BCUT2D eigenvalue weighted by Gasteiger charge is 2.53. The van der Waals surface area contributed by atoms with Crippen molar-refractivity contribution < 1.29 is 24.4 Å². The molecule has 14 heavy (non-hydrogen) atoms. The molecule has 2 unspecified atom stereocenters. The summed E-state index contributed by atoms with van der Waals surface area (Å²) in [4.78, 5) is 0. The number of aliphatic hydroxyl groups excluding tert-OH is 2. The molecule has 2 aliphatic rings.